The van der Waals surface area contributed by atoms with Crippen LogP contribution in [0.5, 0.6) is 11.5 Å². The van der Waals surface area contributed by atoms with E-state index in [9.17, 15) is 13.2 Å². The number of rotatable bonds is 9. The van der Waals surface area contributed by atoms with Crippen molar-refractivity contribution < 1.29 is 22.7 Å². The molecule has 0 aliphatic carbocycles. The SMILES string of the molecule is COc1ccc(NS(=O)(=O)c2ccc(OCC(=O)NCc3ccncc3)cc2)cc1Cl. The van der Waals surface area contributed by atoms with Gasteiger partial charge in [0.2, 0.25) is 0 Å². The summed E-state index contributed by atoms with van der Waals surface area (Å²) in [5, 5.41) is 3.01. The molecule has 2 N–H and O–H groups in total. The maximum Gasteiger partial charge on any atom is 0.261 e. The molecule has 3 rings (SSSR count). The molecule has 1 amide bonds. The normalized spacial score (nSPS) is 10.9. The van der Waals surface area contributed by atoms with Crippen LogP contribution in [-0.2, 0) is 21.4 Å². The minimum atomic E-state index is -3.83. The van der Waals surface area contributed by atoms with Crippen molar-refractivity contribution in [1.82, 2.24) is 10.3 Å². The number of nitrogens with zero attached hydrogens (tertiary/aromatic N) is 1. The molecule has 0 unspecified atom stereocenters. The van der Waals surface area contributed by atoms with Gasteiger partial charge in [-0.05, 0) is 60.2 Å². The first-order chi connectivity index (χ1) is 14.9. The molecule has 2 aromatic carbocycles. The van der Waals surface area contributed by atoms with Crippen LogP contribution in [0.25, 0.3) is 0 Å². The average molecular weight is 462 g/mol. The molecule has 0 bridgehead atoms. The number of carbonyl (C=O) groups is 1. The van der Waals surface area contributed by atoms with Crippen molar-refractivity contribution in [2.75, 3.05) is 18.4 Å². The summed E-state index contributed by atoms with van der Waals surface area (Å²) in [5.74, 6) is 0.507. The van der Waals surface area contributed by atoms with E-state index < -0.39 is 10.0 Å². The first-order valence-electron chi connectivity index (χ1n) is 9.12. The Labute approximate surface area is 185 Å². The van der Waals surface area contributed by atoms with Gasteiger partial charge < -0.3 is 14.8 Å². The van der Waals surface area contributed by atoms with Gasteiger partial charge in [0, 0.05) is 18.9 Å². The molecular weight excluding hydrogens is 442 g/mol. The van der Waals surface area contributed by atoms with Crippen molar-refractivity contribution >= 4 is 33.2 Å². The zero-order chi connectivity index (χ0) is 22.3. The van der Waals surface area contributed by atoms with Gasteiger partial charge in [0.05, 0.1) is 22.7 Å². The largest absolute Gasteiger partial charge is 0.495 e. The smallest absolute Gasteiger partial charge is 0.261 e. The molecule has 8 nitrogen and oxygen atoms in total. The minimum absolute atomic E-state index is 0.0360. The van der Waals surface area contributed by atoms with Gasteiger partial charge in [-0.2, -0.15) is 0 Å². The number of halogens is 1. The second kappa shape index (κ2) is 10.1. The van der Waals surface area contributed by atoms with E-state index in [2.05, 4.69) is 15.0 Å². The lowest BCUT2D eigenvalue weighted by Gasteiger charge is -2.11. The minimum Gasteiger partial charge on any atom is -0.495 e. The lowest BCUT2D eigenvalue weighted by molar-refractivity contribution is -0.123. The summed E-state index contributed by atoms with van der Waals surface area (Å²) in [6, 6.07) is 13.9. The van der Waals surface area contributed by atoms with Crippen LogP contribution >= 0.6 is 11.6 Å². The van der Waals surface area contributed by atoms with Gasteiger partial charge in [0.25, 0.3) is 15.9 Å². The zero-order valence-corrected chi connectivity index (χ0v) is 18.1. The monoisotopic (exact) mass is 461 g/mol. The zero-order valence-electron chi connectivity index (χ0n) is 16.5. The number of ether oxygens (including phenoxy) is 2. The predicted molar refractivity (Wildman–Crippen MR) is 117 cm³/mol. The highest BCUT2D eigenvalue weighted by atomic mass is 35.5. The number of sulfonamides is 1. The predicted octanol–water partition coefficient (Wildman–Crippen LogP) is 3.24. The Kier molecular flexibility index (Phi) is 7.32. The van der Waals surface area contributed by atoms with Gasteiger partial charge in [0.15, 0.2) is 6.61 Å². The van der Waals surface area contributed by atoms with E-state index in [1.807, 2.05) is 0 Å². The van der Waals surface area contributed by atoms with Gasteiger partial charge in [-0.25, -0.2) is 8.42 Å². The van der Waals surface area contributed by atoms with Gasteiger partial charge >= 0.3 is 0 Å². The number of amides is 1. The Morgan fingerprint density at radius 2 is 1.77 bits per heavy atom. The third-order valence-corrected chi connectivity index (χ3v) is 5.84. The standard InChI is InChI=1S/C21H20ClN3O5S/c1-29-20-7-2-16(12-19(20)22)25-31(27,28)18-5-3-17(4-6-18)30-14-21(26)24-13-15-8-10-23-11-9-15/h2-12,25H,13-14H2,1H3,(H,24,26). The molecule has 31 heavy (non-hydrogen) atoms. The molecule has 0 radical (unpaired) electrons. The van der Waals surface area contributed by atoms with Gasteiger partial charge in [0.1, 0.15) is 11.5 Å². The quantitative estimate of drug-likeness (QED) is 0.506. The van der Waals surface area contributed by atoms with Crippen LogP contribution in [0, 0.1) is 0 Å². The van der Waals surface area contributed by atoms with Crippen molar-refractivity contribution in [3.8, 4) is 11.5 Å². The van der Waals surface area contributed by atoms with Crippen LogP contribution in [-0.4, -0.2) is 33.0 Å². The van der Waals surface area contributed by atoms with Gasteiger partial charge in [-0.15, -0.1) is 0 Å². The Morgan fingerprint density at radius 3 is 2.42 bits per heavy atom. The van der Waals surface area contributed by atoms with E-state index in [-0.39, 0.29) is 22.4 Å². The van der Waals surface area contributed by atoms with Crippen molar-refractivity contribution in [2.24, 2.45) is 0 Å². The fraction of sp³-hybridized carbons (Fsp3) is 0.143. The number of nitrogens with one attached hydrogen (secondary N) is 2. The molecule has 0 spiro atoms. The molecule has 0 aliphatic heterocycles. The van der Waals surface area contributed by atoms with Crippen LogP contribution < -0.4 is 19.5 Å². The van der Waals surface area contributed by atoms with E-state index in [4.69, 9.17) is 21.1 Å². The van der Waals surface area contributed by atoms with Crippen LogP contribution in [0.3, 0.4) is 0 Å². The Morgan fingerprint density at radius 1 is 1.06 bits per heavy atom. The number of hydrogen-bond acceptors (Lipinski definition) is 6. The lowest BCUT2D eigenvalue weighted by Crippen LogP contribution is -2.28. The first-order valence-corrected chi connectivity index (χ1v) is 11.0. The molecule has 3 aromatic rings. The number of hydrogen-bond donors (Lipinski definition) is 2. The summed E-state index contributed by atoms with van der Waals surface area (Å²) in [7, 11) is -2.35. The summed E-state index contributed by atoms with van der Waals surface area (Å²) < 4.78 is 38.1. The van der Waals surface area contributed by atoms with Crippen LogP contribution in [0.1, 0.15) is 5.56 Å². The molecule has 0 saturated carbocycles. The highest BCUT2D eigenvalue weighted by Gasteiger charge is 2.15. The Bertz CT molecular complexity index is 1140. The summed E-state index contributed by atoms with van der Waals surface area (Å²) in [6.45, 7) is 0.169. The fourth-order valence-electron chi connectivity index (χ4n) is 2.56. The second-order valence-electron chi connectivity index (χ2n) is 6.35. The van der Waals surface area contributed by atoms with Crippen molar-refractivity contribution in [3.63, 3.8) is 0 Å². The first kappa shape index (κ1) is 22.4. The third kappa shape index (κ3) is 6.34. The van der Waals surface area contributed by atoms with Crippen molar-refractivity contribution in [1.29, 1.82) is 0 Å². The maximum absolute atomic E-state index is 12.6. The number of methoxy groups -OCH3 is 1. The lowest BCUT2D eigenvalue weighted by atomic mass is 10.3. The van der Waals surface area contributed by atoms with Gasteiger partial charge in [-0.3, -0.25) is 14.5 Å². The number of benzene rings is 2. The summed E-state index contributed by atoms with van der Waals surface area (Å²) in [4.78, 5) is 15.9. The van der Waals surface area contributed by atoms with Crippen molar-refractivity contribution in [3.05, 3.63) is 77.6 Å². The van der Waals surface area contributed by atoms with Crippen LogP contribution in [0.4, 0.5) is 5.69 Å². The van der Waals surface area contributed by atoms with Crippen LogP contribution in [0.2, 0.25) is 5.02 Å². The molecule has 10 heteroatoms. The number of aromatic nitrogens is 1. The summed E-state index contributed by atoms with van der Waals surface area (Å²) in [6.07, 6.45) is 3.29. The molecule has 0 atom stereocenters. The second-order valence-corrected chi connectivity index (χ2v) is 8.44. The Balaban J connectivity index is 1.55. The molecule has 1 heterocycles. The van der Waals surface area contributed by atoms with E-state index in [0.717, 1.165) is 5.56 Å². The maximum atomic E-state index is 12.6. The van der Waals surface area contributed by atoms with E-state index in [0.29, 0.717) is 23.7 Å². The molecule has 1 aromatic heterocycles. The summed E-state index contributed by atoms with van der Waals surface area (Å²) in [5.41, 5.74) is 1.22. The number of pyridine rings is 1. The highest BCUT2D eigenvalue weighted by Crippen LogP contribution is 2.28. The third-order valence-electron chi connectivity index (χ3n) is 4.15. The summed E-state index contributed by atoms with van der Waals surface area (Å²) >= 11 is 6.03. The number of carbonyl (C=O) groups excluding carboxylic acids is 1. The van der Waals surface area contributed by atoms with E-state index in [1.165, 1.54) is 37.4 Å². The molecule has 162 valence electrons. The average Bonchev–Trinajstić information content (AvgIpc) is 2.77. The number of anilines is 1. The molecule has 0 fully saturated rings. The highest BCUT2D eigenvalue weighted by molar-refractivity contribution is 7.92. The molecular formula is C21H20ClN3O5S. The van der Waals surface area contributed by atoms with Crippen LogP contribution in [0.15, 0.2) is 71.9 Å². The molecule has 0 aliphatic rings. The van der Waals surface area contributed by atoms with E-state index in [1.54, 1.807) is 36.7 Å². The van der Waals surface area contributed by atoms with E-state index >= 15 is 0 Å². The topological polar surface area (TPSA) is 107 Å². The molecule has 0 saturated heterocycles. The fourth-order valence-corrected chi connectivity index (χ4v) is 3.87. The van der Waals surface area contributed by atoms with Crippen molar-refractivity contribution in [2.45, 2.75) is 11.4 Å². The Hall–Kier alpha value is -3.30. The van der Waals surface area contributed by atoms with Gasteiger partial charge in [-0.1, -0.05) is 11.6 Å².